The van der Waals surface area contributed by atoms with Crippen LogP contribution in [0.15, 0.2) is 66.7 Å². The second-order valence-electron chi connectivity index (χ2n) is 9.72. The van der Waals surface area contributed by atoms with E-state index in [1.165, 1.54) is 48.1 Å². The summed E-state index contributed by atoms with van der Waals surface area (Å²) in [5.74, 6) is -0.441. The molecule has 0 radical (unpaired) electrons. The number of benzene rings is 3. The van der Waals surface area contributed by atoms with Crippen LogP contribution in [0.3, 0.4) is 0 Å². The van der Waals surface area contributed by atoms with Crippen LogP contribution >= 0.6 is 0 Å². The molecule has 0 saturated carbocycles. The minimum Gasteiger partial charge on any atom is -0.493 e. The van der Waals surface area contributed by atoms with Crippen LogP contribution in [0.2, 0.25) is 0 Å². The molecule has 39 heavy (non-hydrogen) atoms. The molecule has 4 rings (SSSR count). The van der Waals surface area contributed by atoms with Gasteiger partial charge < -0.3 is 14.8 Å². The lowest BCUT2D eigenvalue weighted by atomic mass is 9.98. The lowest BCUT2D eigenvalue weighted by Gasteiger charge is -2.34. The van der Waals surface area contributed by atoms with E-state index >= 15 is 0 Å². The maximum Gasteiger partial charge on any atom is 0.249 e. The Kier molecular flexibility index (Phi) is 8.13. The number of halogens is 1. The Morgan fingerprint density at radius 2 is 1.72 bits per heavy atom. The first-order chi connectivity index (χ1) is 18.7. The van der Waals surface area contributed by atoms with Crippen molar-refractivity contribution >= 4 is 28.5 Å². The highest BCUT2D eigenvalue weighted by molar-refractivity contribution is 6.01. The molecule has 3 aromatic carbocycles. The van der Waals surface area contributed by atoms with Gasteiger partial charge >= 0.3 is 0 Å². The van der Waals surface area contributed by atoms with Crippen molar-refractivity contribution in [2.24, 2.45) is 0 Å². The van der Waals surface area contributed by atoms with Crippen molar-refractivity contribution in [3.05, 3.63) is 78.1 Å². The summed E-state index contributed by atoms with van der Waals surface area (Å²) in [7, 11) is 3.01. The summed E-state index contributed by atoms with van der Waals surface area (Å²) in [5, 5.41) is 11.3. The zero-order chi connectivity index (χ0) is 28.2. The normalized spacial score (nSPS) is 12.2. The molecule has 0 aliphatic carbocycles. The van der Waals surface area contributed by atoms with Crippen LogP contribution in [0.25, 0.3) is 11.0 Å². The van der Waals surface area contributed by atoms with Gasteiger partial charge in [0.25, 0.3) is 0 Å². The summed E-state index contributed by atoms with van der Waals surface area (Å²) in [6.45, 7) is 5.57. The molecular weight excluding hydrogens is 501 g/mol. The summed E-state index contributed by atoms with van der Waals surface area (Å²) in [5.41, 5.74) is 1.58. The molecule has 9 nitrogen and oxygen atoms in total. The minimum absolute atomic E-state index is 0.202. The van der Waals surface area contributed by atoms with Gasteiger partial charge in [-0.15, -0.1) is 5.10 Å². The Morgan fingerprint density at radius 1 is 1.03 bits per heavy atom. The number of fused-ring (bicyclic) bond motifs is 1. The van der Waals surface area contributed by atoms with Crippen LogP contribution in [0.5, 0.6) is 11.5 Å². The van der Waals surface area contributed by atoms with Crippen molar-refractivity contribution in [1.82, 2.24) is 20.3 Å². The highest BCUT2D eigenvalue weighted by Gasteiger charge is 2.36. The number of rotatable bonds is 10. The number of carbonyl (C=O) groups excluding carboxylic acids is 2. The first-order valence-corrected chi connectivity index (χ1v) is 12.6. The Morgan fingerprint density at radius 3 is 2.38 bits per heavy atom. The number of anilines is 1. The van der Waals surface area contributed by atoms with Gasteiger partial charge in [0.2, 0.25) is 11.8 Å². The number of amides is 2. The van der Waals surface area contributed by atoms with Crippen molar-refractivity contribution in [3.63, 3.8) is 0 Å². The Hall–Kier alpha value is -4.47. The van der Waals surface area contributed by atoms with E-state index in [1.807, 2.05) is 39.0 Å². The number of aromatic nitrogens is 3. The van der Waals surface area contributed by atoms with E-state index in [0.717, 1.165) is 0 Å². The van der Waals surface area contributed by atoms with E-state index in [0.29, 0.717) is 40.2 Å². The average Bonchev–Trinajstić information content (AvgIpc) is 3.34. The molecule has 1 N–H and O–H groups in total. The van der Waals surface area contributed by atoms with Gasteiger partial charge in [-0.1, -0.05) is 30.3 Å². The fourth-order valence-electron chi connectivity index (χ4n) is 4.21. The first-order valence-electron chi connectivity index (χ1n) is 12.6. The summed E-state index contributed by atoms with van der Waals surface area (Å²) in [6.07, 6.45) is 0.660. The molecule has 204 valence electrons. The number of para-hydroxylation sites is 1. The number of methoxy groups -OCH3 is 2. The van der Waals surface area contributed by atoms with E-state index in [1.54, 1.807) is 24.3 Å². The predicted molar refractivity (Wildman–Crippen MR) is 146 cm³/mol. The maximum absolute atomic E-state index is 14.1. The van der Waals surface area contributed by atoms with Gasteiger partial charge in [-0.3, -0.25) is 14.5 Å². The SMILES string of the molecule is CCC(C)(C)NC(=O)C(c1ccc(OC)c(OC)c1)N(C(=O)Cn1nnc2ccccc21)c1ccc(F)cc1. The van der Waals surface area contributed by atoms with E-state index in [-0.39, 0.29) is 6.54 Å². The van der Waals surface area contributed by atoms with Crippen molar-refractivity contribution in [2.75, 3.05) is 19.1 Å². The van der Waals surface area contributed by atoms with Crippen LogP contribution in [0.1, 0.15) is 38.8 Å². The molecule has 10 heteroatoms. The fourth-order valence-corrected chi connectivity index (χ4v) is 4.21. The van der Waals surface area contributed by atoms with Gasteiger partial charge in [0.05, 0.1) is 19.7 Å². The molecule has 1 aromatic heterocycles. The van der Waals surface area contributed by atoms with E-state index in [4.69, 9.17) is 9.47 Å². The molecule has 0 bridgehead atoms. The quantitative estimate of drug-likeness (QED) is 0.318. The molecule has 4 aromatic rings. The Labute approximate surface area is 226 Å². The summed E-state index contributed by atoms with van der Waals surface area (Å²) < 4.78 is 26.3. The van der Waals surface area contributed by atoms with Crippen LogP contribution in [0.4, 0.5) is 10.1 Å². The highest BCUT2D eigenvalue weighted by atomic mass is 19.1. The molecule has 2 amide bonds. The Bertz CT molecular complexity index is 1470. The van der Waals surface area contributed by atoms with Crippen molar-refractivity contribution in [1.29, 1.82) is 0 Å². The van der Waals surface area contributed by atoms with E-state index in [2.05, 4.69) is 15.6 Å². The summed E-state index contributed by atoms with van der Waals surface area (Å²) in [4.78, 5) is 29.4. The molecule has 1 heterocycles. The molecule has 0 fully saturated rings. The van der Waals surface area contributed by atoms with Crippen molar-refractivity contribution < 1.29 is 23.5 Å². The fraction of sp³-hybridized carbons (Fsp3) is 0.310. The van der Waals surface area contributed by atoms with Crippen molar-refractivity contribution in [2.45, 2.75) is 45.3 Å². The lowest BCUT2D eigenvalue weighted by Crippen LogP contribution is -2.51. The highest BCUT2D eigenvalue weighted by Crippen LogP contribution is 2.35. The third-order valence-electron chi connectivity index (χ3n) is 6.65. The summed E-state index contributed by atoms with van der Waals surface area (Å²) >= 11 is 0. The zero-order valence-corrected chi connectivity index (χ0v) is 22.6. The first kappa shape index (κ1) is 27.6. The predicted octanol–water partition coefficient (Wildman–Crippen LogP) is 4.67. The molecule has 0 aliphatic heterocycles. The second-order valence-corrected chi connectivity index (χ2v) is 9.72. The second kappa shape index (κ2) is 11.5. The monoisotopic (exact) mass is 533 g/mol. The molecular formula is C29H32FN5O4. The number of hydrogen-bond acceptors (Lipinski definition) is 6. The number of nitrogens with one attached hydrogen (secondary N) is 1. The van der Waals surface area contributed by atoms with E-state index in [9.17, 15) is 14.0 Å². The molecule has 0 spiro atoms. The van der Waals surface area contributed by atoms with Gasteiger partial charge in [-0.2, -0.15) is 0 Å². The molecule has 1 unspecified atom stereocenters. The molecule has 0 aliphatic rings. The topological polar surface area (TPSA) is 98.6 Å². The van der Waals surface area contributed by atoms with Gasteiger partial charge in [0, 0.05) is 11.2 Å². The minimum atomic E-state index is -1.12. The van der Waals surface area contributed by atoms with Gasteiger partial charge in [0.15, 0.2) is 11.5 Å². The number of carbonyl (C=O) groups is 2. The van der Waals surface area contributed by atoms with Gasteiger partial charge in [0.1, 0.15) is 23.9 Å². The maximum atomic E-state index is 14.1. The largest absolute Gasteiger partial charge is 0.493 e. The third kappa shape index (κ3) is 6.00. The Balaban J connectivity index is 1.86. The smallest absolute Gasteiger partial charge is 0.249 e. The molecule has 0 saturated heterocycles. The number of nitrogens with zero attached hydrogens (tertiary/aromatic N) is 4. The third-order valence-corrected chi connectivity index (χ3v) is 6.65. The van der Waals surface area contributed by atoms with E-state index < -0.39 is 29.2 Å². The zero-order valence-electron chi connectivity index (χ0n) is 22.6. The van der Waals surface area contributed by atoms with Crippen LogP contribution in [-0.2, 0) is 16.1 Å². The standard InChI is InChI=1S/C29H32FN5O4/c1-6-29(2,3)31-28(37)27(19-11-16-24(38-4)25(17-19)39-5)35(21-14-12-20(30)13-15-21)26(36)18-34-23-10-8-7-9-22(23)32-33-34/h7-17,27H,6,18H2,1-5H3,(H,31,37). The van der Waals surface area contributed by atoms with Gasteiger partial charge in [-0.25, -0.2) is 9.07 Å². The number of ether oxygens (including phenoxy) is 2. The van der Waals surface area contributed by atoms with Crippen LogP contribution in [0, 0.1) is 5.82 Å². The number of hydrogen-bond donors (Lipinski definition) is 1. The van der Waals surface area contributed by atoms with Crippen LogP contribution in [-0.4, -0.2) is 46.6 Å². The van der Waals surface area contributed by atoms with Crippen LogP contribution < -0.4 is 19.7 Å². The van der Waals surface area contributed by atoms with Crippen molar-refractivity contribution in [3.8, 4) is 11.5 Å². The summed E-state index contributed by atoms with van der Waals surface area (Å²) in [6, 6.07) is 16.6. The lowest BCUT2D eigenvalue weighted by molar-refractivity contribution is -0.128. The van der Waals surface area contributed by atoms with Gasteiger partial charge in [-0.05, 0) is 74.4 Å². The molecule has 1 atom stereocenters. The average molecular weight is 534 g/mol.